The quantitative estimate of drug-likeness (QED) is 0.192. The Bertz CT molecular complexity index is 2770. The molecule has 48 heavy (non-hydrogen) atoms. The van der Waals surface area contributed by atoms with E-state index in [1.165, 1.54) is 5.56 Å². The van der Waals surface area contributed by atoms with E-state index in [1.807, 2.05) is 66.7 Å². The first-order valence-electron chi connectivity index (χ1n) is 16.0. The fourth-order valence-electron chi connectivity index (χ4n) is 6.85. The molecule has 10 rings (SSSR count). The molecule has 3 heterocycles. The van der Waals surface area contributed by atoms with Crippen LogP contribution in [-0.2, 0) is 0 Å². The predicted octanol–water partition coefficient (Wildman–Crippen LogP) is 12.4. The molecule has 0 aliphatic rings. The summed E-state index contributed by atoms with van der Waals surface area (Å²) in [6.07, 6.45) is 0. The summed E-state index contributed by atoms with van der Waals surface area (Å²) in [7, 11) is 0. The zero-order valence-electron chi connectivity index (χ0n) is 25.6. The molecule has 0 fully saturated rings. The molecule has 0 atom stereocenters. The highest BCUT2D eigenvalue weighted by atomic mass is 16.4. The van der Waals surface area contributed by atoms with Crippen molar-refractivity contribution in [3.63, 3.8) is 0 Å². The topological polar surface area (TPSA) is 55.6 Å². The number of hydrogen-bond acceptors (Lipinski definition) is 5. The van der Waals surface area contributed by atoms with Crippen LogP contribution in [0.3, 0.4) is 0 Å². The number of hydrogen-bond donors (Lipinski definition) is 0. The molecule has 0 unspecified atom stereocenters. The van der Waals surface area contributed by atoms with Crippen LogP contribution in [0, 0.1) is 0 Å². The van der Waals surface area contributed by atoms with Gasteiger partial charge in [0, 0.05) is 33.1 Å². The minimum atomic E-state index is 0.587. The van der Waals surface area contributed by atoms with Gasteiger partial charge in [-0.3, -0.25) is 0 Å². The smallest absolute Gasteiger partial charge is 0.227 e. The second-order valence-corrected chi connectivity index (χ2v) is 12.0. The average Bonchev–Trinajstić information content (AvgIpc) is 3.86. The van der Waals surface area contributed by atoms with Crippen molar-refractivity contribution in [2.45, 2.75) is 0 Å². The van der Waals surface area contributed by atoms with Crippen LogP contribution in [0.25, 0.3) is 77.6 Å². The van der Waals surface area contributed by atoms with Crippen LogP contribution < -0.4 is 4.90 Å². The van der Waals surface area contributed by atoms with Crippen LogP contribution in [-0.4, -0.2) is 4.98 Å². The first kappa shape index (κ1) is 26.6. The summed E-state index contributed by atoms with van der Waals surface area (Å²) in [4.78, 5) is 7.08. The van der Waals surface area contributed by atoms with E-state index in [2.05, 4.69) is 95.9 Å². The van der Waals surface area contributed by atoms with Crippen LogP contribution in [0.2, 0.25) is 0 Å². The molecule has 0 saturated carbocycles. The van der Waals surface area contributed by atoms with Crippen LogP contribution in [0.15, 0.2) is 171 Å². The third-order valence-electron chi connectivity index (χ3n) is 9.11. The maximum Gasteiger partial charge on any atom is 0.227 e. The highest BCUT2D eigenvalue weighted by molar-refractivity contribution is 6.19. The lowest BCUT2D eigenvalue weighted by atomic mass is 10.0. The third kappa shape index (κ3) is 4.15. The van der Waals surface area contributed by atoms with Gasteiger partial charge in [0.05, 0.1) is 11.1 Å². The number of oxazole rings is 1. The molecule has 0 saturated heterocycles. The van der Waals surface area contributed by atoms with Crippen LogP contribution in [0.5, 0.6) is 0 Å². The molecule has 0 aliphatic carbocycles. The number of nitrogens with zero attached hydrogens (tertiary/aromatic N) is 2. The van der Waals surface area contributed by atoms with Gasteiger partial charge in [-0.15, -0.1) is 0 Å². The van der Waals surface area contributed by atoms with Crippen molar-refractivity contribution in [2.75, 3.05) is 4.90 Å². The number of anilines is 3. The Hall–Kier alpha value is -6.59. The highest BCUT2D eigenvalue weighted by Crippen LogP contribution is 2.45. The summed E-state index contributed by atoms with van der Waals surface area (Å²) in [6, 6.07) is 53.9. The van der Waals surface area contributed by atoms with Crippen LogP contribution in [0.4, 0.5) is 17.1 Å². The van der Waals surface area contributed by atoms with Crippen molar-refractivity contribution in [3.05, 3.63) is 158 Å². The minimum Gasteiger partial charge on any atom is -0.456 e. The highest BCUT2D eigenvalue weighted by Gasteiger charge is 2.23. The third-order valence-corrected chi connectivity index (χ3v) is 9.11. The number of aromatic nitrogens is 1. The van der Waals surface area contributed by atoms with Gasteiger partial charge in [0.15, 0.2) is 11.2 Å². The first-order chi connectivity index (χ1) is 23.8. The average molecular weight is 619 g/mol. The zero-order chi connectivity index (χ0) is 31.6. The Balaban J connectivity index is 1.20. The van der Waals surface area contributed by atoms with Gasteiger partial charge in [-0.05, 0) is 77.9 Å². The van der Waals surface area contributed by atoms with E-state index in [1.54, 1.807) is 0 Å². The van der Waals surface area contributed by atoms with Gasteiger partial charge in [-0.25, -0.2) is 4.98 Å². The van der Waals surface area contributed by atoms with Gasteiger partial charge in [-0.2, -0.15) is 0 Å². The Morgan fingerprint density at radius 1 is 0.417 bits per heavy atom. The number of benzene rings is 7. The van der Waals surface area contributed by atoms with Gasteiger partial charge >= 0.3 is 0 Å². The lowest BCUT2D eigenvalue weighted by Gasteiger charge is -2.26. The maximum atomic E-state index is 6.72. The summed E-state index contributed by atoms with van der Waals surface area (Å²) < 4.78 is 19.4. The Kier molecular flexibility index (Phi) is 5.81. The van der Waals surface area contributed by atoms with Crippen molar-refractivity contribution < 1.29 is 13.3 Å². The monoisotopic (exact) mass is 618 g/mol. The normalized spacial score (nSPS) is 11.8. The van der Waals surface area contributed by atoms with Gasteiger partial charge in [0.25, 0.3) is 0 Å². The summed E-state index contributed by atoms with van der Waals surface area (Å²) >= 11 is 0. The lowest BCUT2D eigenvalue weighted by Crippen LogP contribution is -2.10. The molecule has 10 aromatic rings. The minimum absolute atomic E-state index is 0.587. The van der Waals surface area contributed by atoms with E-state index in [0.717, 1.165) is 77.6 Å². The van der Waals surface area contributed by atoms with Crippen LogP contribution in [0.1, 0.15) is 0 Å². The van der Waals surface area contributed by atoms with Crippen molar-refractivity contribution in [3.8, 4) is 22.6 Å². The largest absolute Gasteiger partial charge is 0.456 e. The van der Waals surface area contributed by atoms with Crippen molar-refractivity contribution in [1.82, 2.24) is 4.98 Å². The molecule has 0 radical (unpaired) electrons. The molecule has 226 valence electrons. The summed E-state index contributed by atoms with van der Waals surface area (Å²) in [5.74, 6) is 0.587. The Morgan fingerprint density at radius 3 is 1.92 bits per heavy atom. The summed E-state index contributed by atoms with van der Waals surface area (Å²) in [5.41, 5.74) is 10.9. The standard InChI is InChI=1S/C43H26N2O3/c1-3-10-27(11-4-1)28-18-20-30(21-19-28)45(31-22-24-38-34(26-31)32-14-7-8-17-37(32)46-38)36-16-9-15-33-40-39(47-41(33)36)25-23-35-42(40)48-43(44-35)29-12-5-2-6-13-29/h1-26H. The van der Waals surface area contributed by atoms with E-state index in [9.17, 15) is 0 Å². The Labute approximate surface area is 274 Å². The first-order valence-corrected chi connectivity index (χ1v) is 16.0. The van der Waals surface area contributed by atoms with Crippen molar-refractivity contribution >= 4 is 72.0 Å². The molecule has 0 bridgehead atoms. The fraction of sp³-hybridized carbons (Fsp3) is 0. The van der Waals surface area contributed by atoms with E-state index >= 15 is 0 Å². The molecule has 5 nitrogen and oxygen atoms in total. The molecular formula is C43H26N2O3. The molecular weight excluding hydrogens is 592 g/mol. The second kappa shape index (κ2) is 10.5. The Morgan fingerprint density at radius 2 is 1.08 bits per heavy atom. The molecule has 7 aromatic carbocycles. The molecule has 3 aromatic heterocycles. The predicted molar refractivity (Wildman–Crippen MR) is 194 cm³/mol. The molecule has 0 N–H and O–H groups in total. The van der Waals surface area contributed by atoms with Gasteiger partial charge in [-0.1, -0.05) is 91.0 Å². The van der Waals surface area contributed by atoms with Crippen LogP contribution >= 0.6 is 0 Å². The van der Waals surface area contributed by atoms with Crippen molar-refractivity contribution in [1.29, 1.82) is 0 Å². The number of para-hydroxylation sites is 2. The maximum absolute atomic E-state index is 6.72. The van der Waals surface area contributed by atoms with Gasteiger partial charge in [0.1, 0.15) is 22.3 Å². The number of rotatable bonds is 5. The van der Waals surface area contributed by atoms with Gasteiger partial charge < -0.3 is 18.2 Å². The number of fused-ring (bicyclic) bond motifs is 8. The lowest BCUT2D eigenvalue weighted by molar-refractivity contribution is 0.622. The number of furan rings is 2. The molecule has 0 aliphatic heterocycles. The van der Waals surface area contributed by atoms with Crippen molar-refractivity contribution in [2.24, 2.45) is 0 Å². The summed E-state index contributed by atoms with van der Waals surface area (Å²) in [6.45, 7) is 0. The van der Waals surface area contributed by atoms with Gasteiger partial charge in [0.2, 0.25) is 5.89 Å². The molecule has 5 heteroatoms. The molecule has 0 amide bonds. The SMILES string of the molecule is c1ccc(-c2ccc(N(c3ccc4oc5ccccc5c4c3)c3cccc4c3oc3ccc5nc(-c6ccccc6)oc5c34)cc2)cc1. The van der Waals surface area contributed by atoms with E-state index in [0.29, 0.717) is 11.5 Å². The van der Waals surface area contributed by atoms with E-state index in [4.69, 9.17) is 18.2 Å². The fourth-order valence-corrected chi connectivity index (χ4v) is 6.85. The summed E-state index contributed by atoms with van der Waals surface area (Å²) in [5, 5.41) is 4.01. The van der Waals surface area contributed by atoms with E-state index < -0.39 is 0 Å². The second-order valence-electron chi connectivity index (χ2n) is 12.0. The molecule has 0 spiro atoms. The zero-order valence-corrected chi connectivity index (χ0v) is 25.6. The van der Waals surface area contributed by atoms with E-state index in [-0.39, 0.29) is 0 Å².